The van der Waals surface area contributed by atoms with E-state index >= 15 is 4.39 Å². The summed E-state index contributed by atoms with van der Waals surface area (Å²) >= 11 is 0. The second-order valence-corrected chi connectivity index (χ2v) is 9.90. The highest BCUT2D eigenvalue weighted by molar-refractivity contribution is 6.05. The number of likely N-dealkylation sites (tertiary alicyclic amines) is 1. The van der Waals surface area contributed by atoms with Gasteiger partial charge in [-0.15, -0.1) is 0 Å². The highest BCUT2D eigenvalue weighted by Crippen LogP contribution is 2.34. The molecule has 4 heterocycles. The Balaban J connectivity index is 0.000000826. The largest absolute Gasteiger partial charge is 0.356 e. The lowest BCUT2D eigenvalue weighted by Crippen LogP contribution is -2.43. The van der Waals surface area contributed by atoms with Gasteiger partial charge in [0.25, 0.3) is 0 Å². The number of allylic oxidation sites excluding steroid dienone is 1. The number of piperidine rings is 1. The minimum absolute atomic E-state index is 0.0229. The summed E-state index contributed by atoms with van der Waals surface area (Å²) in [5.74, 6) is -0.158. The molecule has 0 spiro atoms. The van der Waals surface area contributed by atoms with E-state index in [1.54, 1.807) is 24.5 Å². The van der Waals surface area contributed by atoms with Crippen LogP contribution >= 0.6 is 0 Å². The summed E-state index contributed by atoms with van der Waals surface area (Å²) in [6.45, 7) is 8.30. The molecule has 1 saturated heterocycles. The molecule has 7 nitrogen and oxygen atoms in total. The van der Waals surface area contributed by atoms with Gasteiger partial charge in [0.2, 0.25) is 0 Å². The number of nitrogens with one attached hydrogen (secondary N) is 1. The molecular formula is C30H37F2N7. The van der Waals surface area contributed by atoms with Crippen molar-refractivity contribution in [3.8, 4) is 11.3 Å². The molecule has 2 aliphatic rings. The fraction of sp³-hybridized carbons (Fsp3) is 0.367. The molecule has 2 aromatic heterocycles. The number of aromatic nitrogens is 2. The van der Waals surface area contributed by atoms with Crippen molar-refractivity contribution in [1.29, 1.82) is 0 Å². The summed E-state index contributed by atoms with van der Waals surface area (Å²) in [5.41, 5.74) is 14.3. The molecule has 0 aliphatic carbocycles. The summed E-state index contributed by atoms with van der Waals surface area (Å²) in [6, 6.07) is 9.51. The topological polar surface area (TPSA) is 105 Å². The third-order valence-corrected chi connectivity index (χ3v) is 6.88. The summed E-state index contributed by atoms with van der Waals surface area (Å²) in [5, 5.41) is 3.20. The molecule has 1 aromatic carbocycles. The van der Waals surface area contributed by atoms with Crippen LogP contribution in [0, 0.1) is 18.6 Å². The number of halogens is 2. The average molecular weight is 534 g/mol. The van der Waals surface area contributed by atoms with E-state index in [2.05, 4.69) is 27.1 Å². The van der Waals surface area contributed by atoms with Crippen LogP contribution in [-0.2, 0) is 0 Å². The number of aryl methyl sites for hydroxylation is 1. The number of fused-ring (bicyclic) bond motifs is 2. The van der Waals surface area contributed by atoms with Crippen molar-refractivity contribution in [2.24, 2.45) is 16.5 Å². The average Bonchev–Trinajstić information content (AvgIpc) is 2.94. The van der Waals surface area contributed by atoms with Gasteiger partial charge in [-0.05, 0) is 68.8 Å². The summed E-state index contributed by atoms with van der Waals surface area (Å²) < 4.78 is 30.0. The number of benzene rings is 1. The number of nitrogens with zero attached hydrogens (tertiary/aromatic N) is 4. The van der Waals surface area contributed by atoms with Gasteiger partial charge in [-0.3, -0.25) is 4.98 Å². The second-order valence-electron chi connectivity index (χ2n) is 9.90. The zero-order valence-corrected chi connectivity index (χ0v) is 22.8. The maximum absolute atomic E-state index is 15.5. The first-order chi connectivity index (χ1) is 18.8. The number of aliphatic imine (C=N–C) groups is 1. The highest BCUT2D eigenvalue weighted by Gasteiger charge is 2.27. The van der Waals surface area contributed by atoms with E-state index in [0.717, 1.165) is 42.8 Å². The van der Waals surface area contributed by atoms with Crippen LogP contribution in [0.15, 0.2) is 59.9 Å². The number of pyridine rings is 2. The number of hydrogen-bond acceptors (Lipinski definition) is 7. The minimum atomic E-state index is -0.616. The first-order valence-corrected chi connectivity index (χ1v) is 13.5. The SMILES string of the molecule is CCCN.Cc1ccnc2c1N=C(N1CCC(N)CC1)c1cc(F)c(-c3ccccc3F)nc1N/C=C\C2C. The molecule has 206 valence electrons. The lowest BCUT2D eigenvalue weighted by molar-refractivity contribution is 0.314. The van der Waals surface area contributed by atoms with Gasteiger partial charge in [-0.1, -0.05) is 32.1 Å². The molecule has 9 heteroatoms. The maximum Gasteiger partial charge on any atom is 0.150 e. The molecule has 0 radical (unpaired) electrons. The zero-order valence-electron chi connectivity index (χ0n) is 22.8. The molecule has 0 amide bonds. The Kier molecular flexibility index (Phi) is 9.37. The molecule has 0 saturated carbocycles. The van der Waals surface area contributed by atoms with Crippen LogP contribution in [0.1, 0.15) is 55.8 Å². The fourth-order valence-corrected chi connectivity index (χ4v) is 4.54. The quantitative estimate of drug-likeness (QED) is 0.394. The zero-order chi connectivity index (χ0) is 27.9. The van der Waals surface area contributed by atoms with E-state index in [-0.39, 0.29) is 23.2 Å². The molecule has 3 aromatic rings. The van der Waals surface area contributed by atoms with E-state index in [4.69, 9.17) is 16.5 Å². The minimum Gasteiger partial charge on any atom is -0.356 e. The van der Waals surface area contributed by atoms with Crippen molar-refractivity contribution in [3.63, 3.8) is 0 Å². The van der Waals surface area contributed by atoms with Gasteiger partial charge in [0.1, 0.15) is 29.0 Å². The summed E-state index contributed by atoms with van der Waals surface area (Å²) in [7, 11) is 0. The Morgan fingerprint density at radius 3 is 2.49 bits per heavy atom. The molecule has 0 bridgehead atoms. The molecule has 39 heavy (non-hydrogen) atoms. The lowest BCUT2D eigenvalue weighted by Gasteiger charge is -2.33. The van der Waals surface area contributed by atoms with E-state index in [1.807, 2.05) is 26.0 Å². The molecule has 2 aliphatic heterocycles. The van der Waals surface area contributed by atoms with Crippen molar-refractivity contribution in [2.45, 2.75) is 52.0 Å². The number of nitrogens with two attached hydrogens (primary N) is 2. The van der Waals surface area contributed by atoms with E-state index in [0.29, 0.717) is 30.3 Å². The predicted molar refractivity (Wildman–Crippen MR) is 154 cm³/mol. The van der Waals surface area contributed by atoms with Crippen LogP contribution in [0.5, 0.6) is 0 Å². The maximum atomic E-state index is 15.5. The number of amidine groups is 1. The number of rotatable bonds is 2. The normalized spacial score (nSPS) is 18.1. The van der Waals surface area contributed by atoms with Crippen LogP contribution in [0.3, 0.4) is 0 Å². The second kappa shape index (κ2) is 12.9. The Labute approximate surface area is 229 Å². The Hall–Kier alpha value is -3.69. The molecule has 1 fully saturated rings. The van der Waals surface area contributed by atoms with E-state index < -0.39 is 11.6 Å². The summed E-state index contributed by atoms with van der Waals surface area (Å²) in [6.07, 6.45) is 8.23. The van der Waals surface area contributed by atoms with Crippen LogP contribution in [0.25, 0.3) is 11.3 Å². The fourth-order valence-electron chi connectivity index (χ4n) is 4.54. The van der Waals surface area contributed by atoms with Crippen molar-refractivity contribution in [2.75, 3.05) is 25.0 Å². The Morgan fingerprint density at radius 2 is 1.79 bits per heavy atom. The first kappa shape index (κ1) is 28.3. The number of anilines is 1. The number of hydrogen-bond donors (Lipinski definition) is 3. The van der Waals surface area contributed by atoms with Gasteiger partial charge in [0, 0.05) is 36.8 Å². The Morgan fingerprint density at radius 1 is 1.08 bits per heavy atom. The molecular weight excluding hydrogens is 496 g/mol. The molecule has 5 rings (SSSR count). The lowest BCUT2D eigenvalue weighted by atomic mass is 10.0. The Bertz CT molecular complexity index is 1350. The molecule has 1 atom stereocenters. The highest BCUT2D eigenvalue weighted by atomic mass is 19.1. The standard InChI is InChI=1S/C27H28F2N6.C3H9N/c1-16-8-12-32-26-20(15-22(29)25(33-26)19-5-3-4-6-21(19)28)27(35-13-9-18(30)10-14-35)34-24-17(2)7-11-31-23(16)24;1-2-3-4/h3-8,11-12,15-16,18H,9-10,13-14,30H2,1-2H3,(H,32,33);2-4H2,1H3/b12-8-,34-27?;. The van der Waals surface area contributed by atoms with Crippen molar-refractivity contribution in [3.05, 3.63) is 83.3 Å². The monoisotopic (exact) mass is 533 g/mol. The van der Waals surface area contributed by atoms with Gasteiger partial charge in [0.05, 0.1) is 16.9 Å². The van der Waals surface area contributed by atoms with Gasteiger partial charge < -0.3 is 21.7 Å². The van der Waals surface area contributed by atoms with Crippen LogP contribution in [0.4, 0.5) is 20.3 Å². The smallest absolute Gasteiger partial charge is 0.150 e. The first-order valence-electron chi connectivity index (χ1n) is 13.5. The van der Waals surface area contributed by atoms with Gasteiger partial charge >= 0.3 is 0 Å². The van der Waals surface area contributed by atoms with E-state index in [9.17, 15) is 4.39 Å². The molecule has 1 unspecified atom stereocenters. The third-order valence-electron chi connectivity index (χ3n) is 6.88. The van der Waals surface area contributed by atoms with Crippen molar-refractivity contribution >= 4 is 17.3 Å². The van der Waals surface area contributed by atoms with Crippen molar-refractivity contribution < 1.29 is 8.78 Å². The predicted octanol–water partition coefficient (Wildman–Crippen LogP) is 5.63. The molecule has 5 N–H and O–H groups in total. The summed E-state index contributed by atoms with van der Waals surface area (Å²) in [4.78, 5) is 16.4. The van der Waals surface area contributed by atoms with Gasteiger partial charge in [-0.25, -0.2) is 18.8 Å². The van der Waals surface area contributed by atoms with Gasteiger partial charge in [-0.2, -0.15) is 0 Å². The van der Waals surface area contributed by atoms with Crippen molar-refractivity contribution in [1.82, 2.24) is 14.9 Å². The van der Waals surface area contributed by atoms with Crippen LogP contribution in [0.2, 0.25) is 0 Å². The van der Waals surface area contributed by atoms with E-state index in [1.165, 1.54) is 18.2 Å². The third kappa shape index (κ3) is 6.49. The van der Waals surface area contributed by atoms with Gasteiger partial charge in [0.15, 0.2) is 0 Å². The van der Waals surface area contributed by atoms with Crippen LogP contribution in [-0.4, -0.2) is 46.4 Å². The van der Waals surface area contributed by atoms with Crippen LogP contribution < -0.4 is 16.8 Å².